The van der Waals surface area contributed by atoms with E-state index >= 15 is 0 Å². The van der Waals surface area contributed by atoms with Crippen LogP contribution in [0.25, 0.3) is 16.8 Å². The predicted molar refractivity (Wildman–Crippen MR) is 148 cm³/mol. The molecule has 0 saturated carbocycles. The largest absolute Gasteiger partial charge is 0.385 e. The summed E-state index contributed by atoms with van der Waals surface area (Å²) in [5.41, 5.74) is 4.95. The number of nitrogens with one attached hydrogen (secondary N) is 1. The first-order valence-electron chi connectivity index (χ1n) is 13.3. The molecule has 0 spiro atoms. The van der Waals surface area contributed by atoms with E-state index in [1.54, 1.807) is 13.8 Å². The highest BCUT2D eigenvalue weighted by atomic mass is 19.1. The summed E-state index contributed by atoms with van der Waals surface area (Å²) in [5.74, 6) is 0.764. The number of hydrogen-bond acceptors (Lipinski definition) is 2. The van der Waals surface area contributed by atoms with Gasteiger partial charge in [-0.05, 0) is 87.2 Å². The average molecular weight is 467 g/mol. The summed E-state index contributed by atoms with van der Waals surface area (Å²) in [7, 11) is 0. The fourth-order valence-electron chi connectivity index (χ4n) is 4.44. The van der Waals surface area contributed by atoms with E-state index in [1.165, 1.54) is 42.4 Å². The second-order valence-corrected chi connectivity index (χ2v) is 10.4. The van der Waals surface area contributed by atoms with Crippen molar-refractivity contribution in [2.24, 2.45) is 5.92 Å². The van der Waals surface area contributed by atoms with Gasteiger partial charge in [0.2, 0.25) is 0 Å². The molecule has 3 rings (SSSR count). The molecule has 0 bridgehead atoms. The molecule has 2 aromatic carbocycles. The van der Waals surface area contributed by atoms with Crippen molar-refractivity contribution in [2.45, 2.75) is 78.8 Å². The van der Waals surface area contributed by atoms with Gasteiger partial charge in [-0.2, -0.15) is 0 Å². The minimum atomic E-state index is -1.09. The summed E-state index contributed by atoms with van der Waals surface area (Å²) in [6.07, 6.45) is 7.09. The predicted octanol–water partition coefficient (Wildman–Crippen LogP) is 8.13. The first kappa shape index (κ1) is 28.1. The lowest BCUT2D eigenvalue weighted by Crippen LogP contribution is -2.41. The molecule has 1 aliphatic heterocycles. The van der Waals surface area contributed by atoms with Crippen molar-refractivity contribution in [1.82, 2.24) is 10.2 Å². The van der Waals surface area contributed by atoms with Gasteiger partial charge in [-0.15, -0.1) is 0 Å². The van der Waals surface area contributed by atoms with Crippen LogP contribution in [0, 0.1) is 5.92 Å². The maximum absolute atomic E-state index is 13.8. The van der Waals surface area contributed by atoms with Crippen molar-refractivity contribution in [3.63, 3.8) is 0 Å². The van der Waals surface area contributed by atoms with E-state index in [0.29, 0.717) is 6.54 Å². The molecule has 0 aromatic heterocycles. The molecular formula is C31H47FN2. The molecule has 2 nitrogen and oxygen atoms in total. The number of nitrogens with zero attached hydrogens (tertiary/aromatic N) is 1. The third-order valence-electron chi connectivity index (χ3n) is 6.26. The Bertz CT molecular complexity index is 825. The Morgan fingerprint density at radius 1 is 0.971 bits per heavy atom. The summed E-state index contributed by atoms with van der Waals surface area (Å²) in [6.45, 7) is 17.5. The maximum atomic E-state index is 13.8. The van der Waals surface area contributed by atoms with Crippen LogP contribution in [0.2, 0.25) is 0 Å². The molecule has 1 aliphatic rings. The first-order valence-corrected chi connectivity index (χ1v) is 13.3. The summed E-state index contributed by atoms with van der Waals surface area (Å²) < 4.78 is 13.8. The second-order valence-electron chi connectivity index (χ2n) is 10.4. The number of piperidine rings is 1. The number of halogens is 1. The van der Waals surface area contributed by atoms with Crippen LogP contribution in [0.1, 0.15) is 77.8 Å². The lowest BCUT2D eigenvalue weighted by Gasteiger charge is -2.34. The van der Waals surface area contributed by atoms with E-state index in [-0.39, 0.29) is 0 Å². The summed E-state index contributed by atoms with van der Waals surface area (Å²) >= 11 is 0. The van der Waals surface area contributed by atoms with Gasteiger partial charge in [0.25, 0.3) is 0 Å². The van der Waals surface area contributed by atoms with Crippen LogP contribution in [-0.2, 0) is 6.42 Å². The lowest BCUT2D eigenvalue weighted by molar-refractivity contribution is 0.0943. The third-order valence-corrected chi connectivity index (χ3v) is 6.26. The van der Waals surface area contributed by atoms with Crippen LogP contribution in [0.4, 0.5) is 4.39 Å². The van der Waals surface area contributed by atoms with E-state index in [9.17, 15) is 4.39 Å². The smallest absolute Gasteiger partial charge is 0.118 e. The number of likely N-dealkylation sites (tertiary alicyclic amines) is 1. The van der Waals surface area contributed by atoms with E-state index in [2.05, 4.69) is 86.1 Å². The molecule has 0 unspecified atom stereocenters. The number of aryl methyl sites for hydroxylation is 1. The zero-order valence-corrected chi connectivity index (χ0v) is 22.3. The lowest BCUT2D eigenvalue weighted by atomic mass is 9.90. The zero-order valence-electron chi connectivity index (χ0n) is 22.3. The van der Waals surface area contributed by atoms with Crippen LogP contribution in [0.15, 0.2) is 55.1 Å². The minimum absolute atomic E-state index is 0.561. The van der Waals surface area contributed by atoms with Crippen LogP contribution in [0.5, 0.6) is 0 Å². The molecule has 1 heterocycles. The van der Waals surface area contributed by atoms with Crippen molar-refractivity contribution < 1.29 is 4.39 Å². The summed E-state index contributed by atoms with van der Waals surface area (Å²) in [4.78, 5) is 2.28. The molecule has 0 aliphatic carbocycles. The van der Waals surface area contributed by atoms with E-state index in [0.717, 1.165) is 49.7 Å². The highest BCUT2D eigenvalue weighted by molar-refractivity contribution is 5.68. The first-order chi connectivity index (χ1) is 16.3. The van der Waals surface area contributed by atoms with Crippen molar-refractivity contribution >= 4 is 5.70 Å². The number of alkyl halides is 1. The van der Waals surface area contributed by atoms with Crippen molar-refractivity contribution in [3.05, 3.63) is 66.2 Å². The van der Waals surface area contributed by atoms with Gasteiger partial charge in [0.1, 0.15) is 5.67 Å². The van der Waals surface area contributed by atoms with Gasteiger partial charge in [-0.1, -0.05) is 82.3 Å². The SMILES string of the molecule is C=C(NCCC)c1ccc(-c2ccc(CCC3CCN(CC(C)(C)F)CC3)cc2)cc1.CCC. The van der Waals surface area contributed by atoms with Gasteiger partial charge < -0.3 is 10.2 Å². The highest BCUT2D eigenvalue weighted by Gasteiger charge is 2.25. The molecule has 188 valence electrons. The standard InChI is InChI=1S/C28H39FN2.C3H8/c1-5-18-30-22(2)25-12-14-27(15-13-25)26-10-8-23(9-11-26)6-7-24-16-19-31(20-17-24)21-28(3,4)29;1-3-2/h8-15,24,30H,2,5-7,16-21H2,1,3-4H3;3H2,1-2H3. The van der Waals surface area contributed by atoms with Gasteiger partial charge in [-0.3, -0.25) is 0 Å². The maximum Gasteiger partial charge on any atom is 0.118 e. The van der Waals surface area contributed by atoms with Gasteiger partial charge in [-0.25, -0.2) is 4.39 Å². The second kappa shape index (κ2) is 14.3. The molecule has 1 saturated heterocycles. The minimum Gasteiger partial charge on any atom is -0.385 e. The Kier molecular flexibility index (Phi) is 11.8. The molecule has 34 heavy (non-hydrogen) atoms. The number of benzene rings is 2. The molecule has 0 amide bonds. The third kappa shape index (κ3) is 10.0. The monoisotopic (exact) mass is 466 g/mol. The zero-order chi connectivity index (χ0) is 25.0. The van der Waals surface area contributed by atoms with Gasteiger partial charge in [0, 0.05) is 18.8 Å². The quantitative estimate of drug-likeness (QED) is 0.380. The van der Waals surface area contributed by atoms with Crippen LogP contribution < -0.4 is 5.32 Å². The summed E-state index contributed by atoms with van der Waals surface area (Å²) in [6, 6.07) is 17.7. The van der Waals surface area contributed by atoms with Gasteiger partial charge in [0.15, 0.2) is 0 Å². The van der Waals surface area contributed by atoms with E-state index < -0.39 is 5.67 Å². The Balaban J connectivity index is 0.00000129. The molecule has 1 N–H and O–H groups in total. The fourth-order valence-corrected chi connectivity index (χ4v) is 4.44. The van der Waals surface area contributed by atoms with Crippen molar-refractivity contribution in [1.29, 1.82) is 0 Å². The van der Waals surface area contributed by atoms with Gasteiger partial charge >= 0.3 is 0 Å². The van der Waals surface area contributed by atoms with E-state index in [4.69, 9.17) is 0 Å². The average Bonchev–Trinajstić information content (AvgIpc) is 2.82. The number of rotatable bonds is 10. The molecule has 1 fully saturated rings. The molecule has 0 atom stereocenters. The topological polar surface area (TPSA) is 15.3 Å². The Morgan fingerprint density at radius 3 is 2.00 bits per heavy atom. The Labute approximate surface area is 208 Å². The molecule has 3 heteroatoms. The van der Waals surface area contributed by atoms with Crippen molar-refractivity contribution in [2.75, 3.05) is 26.2 Å². The van der Waals surface area contributed by atoms with Gasteiger partial charge in [0.05, 0.1) is 0 Å². The van der Waals surface area contributed by atoms with Crippen LogP contribution in [-0.4, -0.2) is 36.7 Å². The summed E-state index contributed by atoms with van der Waals surface area (Å²) in [5, 5.41) is 3.35. The van der Waals surface area contributed by atoms with Crippen LogP contribution >= 0.6 is 0 Å². The van der Waals surface area contributed by atoms with Crippen LogP contribution in [0.3, 0.4) is 0 Å². The fraction of sp³-hybridized carbons (Fsp3) is 0.548. The Hall–Kier alpha value is -2.13. The Morgan fingerprint density at radius 2 is 1.50 bits per heavy atom. The number of hydrogen-bond donors (Lipinski definition) is 1. The molecule has 0 radical (unpaired) electrons. The normalized spacial score (nSPS) is 14.9. The molecular weight excluding hydrogens is 419 g/mol. The highest BCUT2D eigenvalue weighted by Crippen LogP contribution is 2.26. The molecule has 2 aromatic rings. The van der Waals surface area contributed by atoms with Crippen molar-refractivity contribution in [3.8, 4) is 11.1 Å². The van der Waals surface area contributed by atoms with E-state index in [1.807, 2.05) is 0 Å².